The molecule has 0 bridgehead atoms. The van der Waals surface area contributed by atoms with Gasteiger partial charge in [0.25, 0.3) is 5.91 Å². The second-order valence-corrected chi connectivity index (χ2v) is 8.27. The number of hydrogen-bond donors (Lipinski definition) is 3. The van der Waals surface area contributed by atoms with Crippen molar-refractivity contribution >= 4 is 30.4 Å². The first-order valence-electron chi connectivity index (χ1n) is 8.70. The maximum Gasteiger partial charge on any atom is 0.328 e. The fourth-order valence-corrected chi connectivity index (χ4v) is 4.91. The van der Waals surface area contributed by atoms with Crippen molar-refractivity contribution in [2.75, 3.05) is 37.8 Å². The lowest BCUT2D eigenvalue weighted by atomic mass is 9.99. The molecule has 9 nitrogen and oxygen atoms in total. The summed E-state index contributed by atoms with van der Waals surface area (Å²) in [6, 6.07) is 0. The SMILES string of the molecule is CCOP(=O)(O)CC1CCN(c2ncnc3c(C(=O)NC)c[nH]c23)CC1. The maximum atomic E-state index is 12.0. The Hall–Kier alpha value is -1.96. The van der Waals surface area contributed by atoms with Gasteiger partial charge in [-0.05, 0) is 25.7 Å². The van der Waals surface area contributed by atoms with Gasteiger partial charge >= 0.3 is 7.60 Å². The minimum absolute atomic E-state index is 0.149. The van der Waals surface area contributed by atoms with E-state index in [9.17, 15) is 14.3 Å². The molecule has 0 aromatic carbocycles. The molecular formula is C16H24N5O4P. The number of rotatable bonds is 6. The summed E-state index contributed by atoms with van der Waals surface area (Å²) < 4.78 is 16.9. The van der Waals surface area contributed by atoms with Crippen LogP contribution in [-0.2, 0) is 9.09 Å². The first-order valence-corrected chi connectivity index (χ1v) is 10.5. The van der Waals surface area contributed by atoms with Gasteiger partial charge in [-0.1, -0.05) is 0 Å². The van der Waals surface area contributed by atoms with Gasteiger partial charge in [0.05, 0.1) is 18.3 Å². The highest BCUT2D eigenvalue weighted by Crippen LogP contribution is 2.45. The van der Waals surface area contributed by atoms with Crippen molar-refractivity contribution in [3.63, 3.8) is 0 Å². The summed E-state index contributed by atoms with van der Waals surface area (Å²) in [5.74, 6) is 0.700. The molecule has 1 aliphatic rings. The van der Waals surface area contributed by atoms with Gasteiger partial charge in [-0.15, -0.1) is 0 Å². The predicted octanol–water partition coefficient (Wildman–Crippen LogP) is 1.76. The van der Waals surface area contributed by atoms with Gasteiger partial charge in [0.2, 0.25) is 0 Å². The molecule has 2 aromatic rings. The van der Waals surface area contributed by atoms with Gasteiger partial charge in [-0.2, -0.15) is 0 Å². The number of fused-ring (bicyclic) bond motifs is 1. The van der Waals surface area contributed by atoms with Gasteiger partial charge in [0.15, 0.2) is 5.82 Å². The van der Waals surface area contributed by atoms with Crippen LogP contribution in [0, 0.1) is 5.92 Å². The lowest BCUT2D eigenvalue weighted by molar-refractivity contribution is 0.0964. The largest absolute Gasteiger partial charge is 0.356 e. The number of amides is 1. The summed E-state index contributed by atoms with van der Waals surface area (Å²) in [6.45, 7) is 3.40. The molecule has 3 heterocycles. The average molecular weight is 381 g/mol. The Morgan fingerprint density at radius 2 is 2.19 bits per heavy atom. The van der Waals surface area contributed by atoms with Crippen molar-refractivity contribution in [1.82, 2.24) is 20.3 Å². The van der Waals surface area contributed by atoms with Crippen LogP contribution < -0.4 is 10.2 Å². The molecule has 142 valence electrons. The highest BCUT2D eigenvalue weighted by Gasteiger charge is 2.29. The lowest BCUT2D eigenvalue weighted by Crippen LogP contribution is -2.35. The third-order valence-corrected chi connectivity index (χ3v) is 6.29. The number of carbonyl (C=O) groups excluding carboxylic acids is 1. The number of nitrogens with zero attached hydrogens (tertiary/aromatic N) is 3. The van der Waals surface area contributed by atoms with Crippen LogP contribution in [0.1, 0.15) is 30.1 Å². The van der Waals surface area contributed by atoms with Crippen LogP contribution >= 0.6 is 7.60 Å². The average Bonchev–Trinajstić information content (AvgIpc) is 3.05. The van der Waals surface area contributed by atoms with Gasteiger partial charge in [0, 0.05) is 26.3 Å². The van der Waals surface area contributed by atoms with E-state index in [1.165, 1.54) is 6.33 Å². The zero-order valence-corrected chi connectivity index (χ0v) is 15.8. The van der Waals surface area contributed by atoms with Crippen molar-refractivity contribution < 1.29 is 18.8 Å². The molecular weight excluding hydrogens is 357 g/mol. The standard InChI is InChI=1S/C16H24N5O4P/c1-3-25-26(23,24)9-11-4-6-21(7-5-11)15-14-13(19-10-20-15)12(8-18-14)16(22)17-2/h8,10-11,18H,3-7,9H2,1-2H3,(H,17,22)(H,23,24). The van der Waals surface area contributed by atoms with E-state index in [0.29, 0.717) is 11.1 Å². The molecule has 0 aliphatic carbocycles. The van der Waals surface area contributed by atoms with Gasteiger partial charge in [0.1, 0.15) is 17.4 Å². The fraction of sp³-hybridized carbons (Fsp3) is 0.562. The Kier molecular flexibility index (Phi) is 5.60. The van der Waals surface area contributed by atoms with Crippen molar-refractivity contribution in [3.05, 3.63) is 18.1 Å². The molecule has 3 N–H and O–H groups in total. The molecule has 2 aromatic heterocycles. The van der Waals surface area contributed by atoms with Crippen LogP contribution in [0.5, 0.6) is 0 Å². The zero-order chi connectivity index (χ0) is 18.7. The quantitative estimate of drug-likeness (QED) is 0.652. The topological polar surface area (TPSA) is 120 Å². The molecule has 3 rings (SSSR count). The minimum atomic E-state index is -3.50. The van der Waals surface area contributed by atoms with Crippen LogP contribution in [-0.4, -0.2) is 58.7 Å². The van der Waals surface area contributed by atoms with Crippen LogP contribution in [0.3, 0.4) is 0 Å². The highest BCUT2D eigenvalue weighted by atomic mass is 31.2. The second kappa shape index (κ2) is 7.73. The number of H-pyrrole nitrogens is 1. The Morgan fingerprint density at radius 1 is 1.46 bits per heavy atom. The van der Waals surface area contributed by atoms with Crippen LogP contribution in [0.25, 0.3) is 11.0 Å². The summed E-state index contributed by atoms with van der Waals surface area (Å²) in [6.07, 6.45) is 4.86. The Labute approximate surface area is 151 Å². The molecule has 1 amide bonds. The molecule has 26 heavy (non-hydrogen) atoms. The molecule has 1 unspecified atom stereocenters. The minimum Gasteiger partial charge on any atom is -0.356 e. The van der Waals surface area contributed by atoms with E-state index in [2.05, 4.69) is 25.2 Å². The van der Waals surface area contributed by atoms with Crippen molar-refractivity contribution in [1.29, 1.82) is 0 Å². The van der Waals surface area contributed by atoms with Crippen LogP contribution in [0.15, 0.2) is 12.5 Å². The number of nitrogens with one attached hydrogen (secondary N) is 2. The third kappa shape index (κ3) is 3.90. The van der Waals surface area contributed by atoms with E-state index in [4.69, 9.17) is 4.52 Å². The van der Waals surface area contributed by atoms with Crippen molar-refractivity contribution in [2.24, 2.45) is 5.92 Å². The molecule has 0 spiro atoms. The molecule has 0 radical (unpaired) electrons. The normalized spacial score (nSPS) is 18.0. The monoisotopic (exact) mass is 381 g/mol. The highest BCUT2D eigenvalue weighted by molar-refractivity contribution is 7.52. The number of aromatic amines is 1. The number of aromatic nitrogens is 3. The molecule has 1 atom stereocenters. The maximum absolute atomic E-state index is 12.0. The molecule has 0 saturated carbocycles. The second-order valence-electron chi connectivity index (χ2n) is 6.37. The van der Waals surface area contributed by atoms with E-state index < -0.39 is 7.60 Å². The van der Waals surface area contributed by atoms with Crippen LogP contribution in [0.2, 0.25) is 0 Å². The van der Waals surface area contributed by atoms with Crippen molar-refractivity contribution in [2.45, 2.75) is 19.8 Å². The molecule has 1 fully saturated rings. The van der Waals surface area contributed by atoms with E-state index >= 15 is 0 Å². The molecule has 10 heteroatoms. The summed E-state index contributed by atoms with van der Waals surface area (Å²) in [5, 5.41) is 2.60. The summed E-state index contributed by atoms with van der Waals surface area (Å²) >= 11 is 0. The van der Waals surface area contributed by atoms with Crippen LogP contribution in [0.4, 0.5) is 5.82 Å². The summed E-state index contributed by atoms with van der Waals surface area (Å²) in [7, 11) is -1.92. The van der Waals surface area contributed by atoms with Gasteiger partial charge in [-0.3, -0.25) is 9.36 Å². The van der Waals surface area contributed by atoms with E-state index in [-0.39, 0.29) is 24.6 Å². The molecule has 1 aliphatic heterocycles. The Balaban J connectivity index is 1.73. The van der Waals surface area contributed by atoms with Crippen molar-refractivity contribution in [3.8, 4) is 0 Å². The third-order valence-electron chi connectivity index (χ3n) is 4.65. The first kappa shape index (κ1) is 18.8. The van der Waals surface area contributed by atoms with E-state index in [1.54, 1.807) is 20.2 Å². The van der Waals surface area contributed by atoms with E-state index in [1.807, 2.05) is 0 Å². The first-order chi connectivity index (χ1) is 12.4. The fourth-order valence-electron chi connectivity index (χ4n) is 3.38. The number of piperidine rings is 1. The van der Waals surface area contributed by atoms with E-state index in [0.717, 1.165) is 37.3 Å². The zero-order valence-electron chi connectivity index (χ0n) is 14.9. The Morgan fingerprint density at radius 3 is 2.85 bits per heavy atom. The smallest absolute Gasteiger partial charge is 0.328 e. The molecule has 1 saturated heterocycles. The summed E-state index contributed by atoms with van der Waals surface area (Å²) in [5.41, 5.74) is 1.80. The van der Waals surface area contributed by atoms with Gasteiger partial charge < -0.3 is 24.6 Å². The van der Waals surface area contributed by atoms with Gasteiger partial charge in [-0.25, -0.2) is 9.97 Å². The number of hydrogen-bond acceptors (Lipinski definition) is 6. The number of carbonyl (C=O) groups is 1. The predicted molar refractivity (Wildman–Crippen MR) is 98.5 cm³/mol. The Bertz CT molecular complexity index is 831. The lowest BCUT2D eigenvalue weighted by Gasteiger charge is -2.33. The summed E-state index contributed by atoms with van der Waals surface area (Å²) in [4.78, 5) is 35.6. The number of anilines is 1.